The molecule has 0 radical (unpaired) electrons. The van der Waals surface area contributed by atoms with Gasteiger partial charge < -0.3 is 10.1 Å². The average molecular weight is 405 g/mol. The van der Waals surface area contributed by atoms with Gasteiger partial charge in [-0.3, -0.25) is 0 Å². The van der Waals surface area contributed by atoms with E-state index >= 15 is 0 Å². The Morgan fingerprint density at radius 2 is 2.25 bits per heavy atom. The quantitative estimate of drug-likeness (QED) is 0.720. The molecular weight excluding hydrogens is 388 g/mol. The molecule has 108 valence electrons. The Hall–Kier alpha value is -0.660. The molecule has 0 spiro atoms. The molecule has 0 bridgehead atoms. The molecule has 0 aliphatic heterocycles. The van der Waals surface area contributed by atoms with Crippen LogP contribution in [-0.4, -0.2) is 13.7 Å². The first-order valence-corrected chi connectivity index (χ1v) is 8.40. The van der Waals surface area contributed by atoms with Crippen molar-refractivity contribution >= 4 is 33.9 Å². The Kier molecular flexibility index (Phi) is 5.80. The van der Waals surface area contributed by atoms with Crippen LogP contribution in [0.5, 0.6) is 5.75 Å². The number of benzene rings is 1. The van der Waals surface area contributed by atoms with Crippen molar-refractivity contribution in [3.05, 3.63) is 49.5 Å². The molecule has 5 heteroatoms. The highest BCUT2D eigenvalue weighted by Crippen LogP contribution is 2.28. The molecule has 2 aromatic rings. The molecule has 0 fully saturated rings. The summed E-state index contributed by atoms with van der Waals surface area (Å²) in [7, 11) is 1.49. The monoisotopic (exact) mass is 405 g/mol. The topological polar surface area (TPSA) is 21.3 Å². The number of thiophene rings is 1. The maximum absolute atomic E-state index is 14.2. The van der Waals surface area contributed by atoms with Crippen LogP contribution in [0.1, 0.15) is 24.1 Å². The Balaban J connectivity index is 2.24. The summed E-state index contributed by atoms with van der Waals surface area (Å²) >= 11 is 4.02. The van der Waals surface area contributed by atoms with E-state index in [1.54, 1.807) is 17.4 Å². The van der Waals surface area contributed by atoms with Gasteiger partial charge in [0.1, 0.15) is 0 Å². The fourth-order valence-corrected chi connectivity index (χ4v) is 3.58. The first-order chi connectivity index (χ1) is 9.65. The summed E-state index contributed by atoms with van der Waals surface area (Å²) in [6, 6.07) is 7.57. The zero-order chi connectivity index (χ0) is 14.5. The second-order valence-electron chi connectivity index (χ2n) is 4.43. The number of methoxy groups -OCH3 is 1. The van der Waals surface area contributed by atoms with Gasteiger partial charge in [0, 0.05) is 6.04 Å². The van der Waals surface area contributed by atoms with Gasteiger partial charge in [-0.2, -0.15) is 0 Å². The molecule has 2 nitrogen and oxygen atoms in total. The molecular formula is C15H17FINOS. The highest BCUT2D eigenvalue weighted by molar-refractivity contribution is 14.1. The van der Waals surface area contributed by atoms with Crippen molar-refractivity contribution in [3.8, 4) is 5.75 Å². The van der Waals surface area contributed by atoms with Gasteiger partial charge in [-0.15, -0.1) is 11.3 Å². The molecule has 2 rings (SSSR count). The molecule has 0 saturated heterocycles. The van der Waals surface area contributed by atoms with E-state index in [-0.39, 0.29) is 11.9 Å². The third-order valence-corrected chi connectivity index (χ3v) is 4.94. The lowest BCUT2D eigenvalue weighted by atomic mass is 10.0. The van der Waals surface area contributed by atoms with Crippen LogP contribution in [0.25, 0.3) is 0 Å². The molecule has 1 aromatic carbocycles. The zero-order valence-electron chi connectivity index (χ0n) is 11.5. The first-order valence-electron chi connectivity index (χ1n) is 6.44. The summed E-state index contributed by atoms with van der Waals surface area (Å²) in [5.74, 6) is 0.0421. The van der Waals surface area contributed by atoms with Crippen molar-refractivity contribution in [2.24, 2.45) is 0 Å². The van der Waals surface area contributed by atoms with E-state index in [0.29, 0.717) is 17.7 Å². The highest BCUT2D eigenvalue weighted by atomic mass is 127. The van der Waals surface area contributed by atoms with E-state index in [9.17, 15) is 4.39 Å². The van der Waals surface area contributed by atoms with Gasteiger partial charge in [0.25, 0.3) is 0 Å². The summed E-state index contributed by atoms with van der Waals surface area (Å²) in [5.41, 5.74) is 1.89. The molecule has 0 aliphatic rings. The van der Waals surface area contributed by atoms with Crippen LogP contribution in [0.15, 0.2) is 29.6 Å². The first kappa shape index (κ1) is 15.7. The Morgan fingerprint density at radius 1 is 1.45 bits per heavy atom. The fraction of sp³-hybridized carbons (Fsp3) is 0.333. The van der Waals surface area contributed by atoms with Crippen molar-refractivity contribution in [3.63, 3.8) is 0 Å². The SMILES string of the molecule is CCNC(Cc1cccc(OC)c1F)c1csc(I)c1. The molecule has 1 unspecified atom stereocenters. The van der Waals surface area contributed by atoms with Gasteiger partial charge >= 0.3 is 0 Å². The van der Waals surface area contributed by atoms with E-state index in [4.69, 9.17) is 4.74 Å². The number of ether oxygens (including phenoxy) is 1. The largest absolute Gasteiger partial charge is 0.494 e. The standard InChI is InChI=1S/C15H17FINOS/c1-3-18-12(11-8-14(17)20-9-11)7-10-5-4-6-13(19-2)15(10)16/h4-6,8-9,12,18H,3,7H2,1-2H3. The van der Waals surface area contributed by atoms with Gasteiger partial charge in [-0.25, -0.2) is 4.39 Å². The maximum Gasteiger partial charge on any atom is 0.168 e. The van der Waals surface area contributed by atoms with Crippen molar-refractivity contribution in [1.82, 2.24) is 5.32 Å². The van der Waals surface area contributed by atoms with Crippen LogP contribution >= 0.6 is 33.9 Å². The Morgan fingerprint density at radius 3 is 2.85 bits per heavy atom. The summed E-state index contributed by atoms with van der Waals surface area (Å²) in [4.78, 5) is 0. The van der Waals surface area contributed by atoms with E-state index in [1.807, 2.05) is 12.1 Å². The minimum Gasteiger partial charge on any atom is -0.494 e. The normalized spacial score (nSPS) is 12.4. The number of hydrogen-bond acceptors (Lipinski definition) is 3. The number of likely N-dealkylation sites (N-methyl/N-ethyl adjacent to an activating group) is 1. The lowest BCUT2D eigenvalue weighted by molar-refractivity contribution is 0.382. The number of halogens is 2. The Labute approximate surface area is 136 Å². The van der Waals surface area contributed by atoms with E-state index in [2.05, 4.69) is 46.3 Å². The third kappa shape index (κ3) is 3.71. The predicted octanol–water partition coefficient (Wildman–Crippen LogP) is 4.39. The molecule has 0 amide bonds. The van der Waals surface area contributed by atoms with Gasteiger partial charge in [-0.05, 0) is 64.2 Å². The second-order valence-corrected chi connectivity index (χ2v) is 7.24. The molecule has 0 aliphatic carbocycles. The van der Waals surface area contributed by atoms with Crippen LogP contribution in [-0.2, 0) is 6.42 Å². The van der Waals surface area contributed by atoms with Gasteiger partial charge in [0.15, 0.2) is 11.6 Å². The number of nitrogens with one attached hydrogen (secondary N) is 1. The van der Waals surface area contributed by atoms with Gasteiger partial charge in [-0.1, -0.05) is 19.1 Å². The molecule has 1 heterocycles. The van der Waals surface area contributed by atoms with Crippen LogP contribution in [0.2, 0.25) is 0 Å². The zero-order valence-corrected chi connectivity index (χ0v) is 14.4. The van der Waals surface area contributed by atoms with Crippen molar-refractivity contribution in [2.75, 3.05) is 13.7 Å². The lowest BCUT2D eigenvalue weighted by Gasteiger charge is -2.18. The van der Waals surface area contributed by atoms with Crippen LogP contribution in [0.4, 0.5) is 4.39 Å². The summed E-state index contributed by atoms with van der Waals surface area (Å²) in [5, 5.41) is 5.55. The summed E-state index contributed by atoms with van der Waals surface area (Å²) in [6.07, 6.45) is 0.615. The fourth-order valence-electron chi connectivity index (χ4n) is 2.15. The van der Waals surface area contributed by atoms with E-state index < -0.39 is 0 Å². The van der Waals surface area contributed by atoms with Crippen molar-refractivity contribution < 1.29 is 9.13 Å². The van der Waals surface area contributed by atoms with Crippen LogP contribution in [0.3, 0.4) is 0 Å². The highest BCUT2D eigenvalue weighted by Gasteiger charge is 2.16. The lowest BCUT2D eigenvalue weighted by Crippen LogP contribution is -2.23. The number of rotatable bonds is 6. The molecule has 0 saturated carbocycles. The molecule has 20 heavy (non-hydrogen) atoms. The van der Waals surface area contributed by atoms with Crippen LogP contribution < -0.4 is 10.1 Å². The Bertz CT molecular complexity index is 573. The summed E-state index contributed by atoms with van der Waals surface area (Å²) < 4.78 is 20.5. The smallest absolute Gasteiger partial charge is 0.168 e. The molecule has 1 aromatic heterocycles. The van der Waals surface area contributed by atoms with E-state index in [0.717, 1.165) is 6.54 Å². The minimum absolute atomic E-state index is 0.126. The molecule has 1 N–H and O–H groups in total. The summed E-state index contributed by atoms with van der Waals surface area (Å²) in [6.45, 7) is 2.91. The number of hydrogen-bond donors (Lipinski definition) is 1. The average Bonchev–Trinajstić information content (AvgIpc) is 2.87. The van der Waals surface area contributed by atoms with Crippen LogP contribution in [0, 0.1) is 8.70 Å². The predicted molar refractivity (Wildman–Crippen MR) is 90.1 cm³/mol. The third-order valence-electron chi connectivity index (χ3n) is 3.13. The minimum atomic E-state index is -0.261. The maximum atomic E-state index is 14.2. The van der Waals surface area contributed by atoms with Gasteiger partial charge in [0.05, 0.1) is 9.99 Å². The second kappa shape index (κ2) is 7.38. The van der Waals surface area contributed by atoms with E-state index in [1.165, 1.54) is 15.6 Å². The molecule has 1 atom stereocenters. The van der Waals surface area contributed by atoms with Gasteiger partial charge in [0.2, 0.25) is 0 Å². The van der Waals surface area contributed by atoms with Crippen molar-refractivity contribution in [1.29, 1.82) is 0 Å². The van der Waals surface area contributed by atoms with Crippen molar-refractivity contribution in [2.45, 2.75) is 19.4 Å².